The zero-order chi connectivity index (χ0) is 19.4. The summed E-state index contributed by atoms with van der Waals surface area (Å²) in [6.45, 7) is 6.52. The minimum Gasteiger partial charge on any atom is -0.356 e. The van der Waals surface area contributed by atoms with Crippen LogP contribution < -0.4 is 10.6 Å². The van der Waals surface area contributed by atoms with E-state index in [1.807, 2.05) is 29.7 Å². The van der Waals surface area contributed by atoms with Gasteiger partial charge in [-0.05, 0) is 49.6 Å². The molecular formula is C21H26FN5. The third-order valence-electron chi connectivity index (χ3n) is 4.67. The number of aryl methyl sites for hydroxylation is 2. The molecule has 142 valence electrons. The lowest BCUT2D eigenvalue weighted by molar-refractivity contribution is 0.607. The van der Waals surface area contributed by atoms with Gasteiger partial charge in [0.2, 0.25) is 0 Å². The van der Waals surface area contributed by atoms with Gasteiger partial charge in [0.1, 0.15) is 11.5 Å². The highest BCUT2D eigenvalue weighted by Crippen LogP contribution is 2.16. The van der Waals surface area contributed by atoms with Crippen LogP contribution in [0, 0.1) is 19.7 Å². The van der Waals surface area contributed by atoms with Crippen molar-refractivity contribution in [2.75, 3.05) is 13.6 Å². The Morgan fingerprint density at radius 3 is 2.78 bits per heavy atom. The highest BCUT2D eigenvalue weighted by Gasteiger charge is 2.10. The third-order valence-corrected chi connectivity index (χ3v) is 4.67. The van der Waals surface area contributed by atoms with Crippen molar-refractivity contribution in [1.29, 1.82) is 0 Å². The molecule has 27 heavy (non-hydrogen) atoms. The first-order valence-electron chi connectivity index (χ1n) is 9.14. The van der Waals surface area contributed by atoms with E-state index < -0.39 is 0 Å². The summed E-state index contributed by atoms with van der Waals surface area (Å²) in [6, 6.07) is 9.33. The molecule has 0 aliphatic rings. The number of pyridine rings is 1. The molecule has 0 aliphatic heterocycles. The van der Waals surface area contributed by atoms with Crippen molar-refractivity contribution >= 4 is 11.6 Å². The van der Waals surface area contributed by atoms with E-state index in [0.717, 1.165) is 28.9 Å². The number of guanidine groups is 1. The molecule has 6 heteroatoms. The van der Waals surface area contributed by atoms with Gasteiger partial charge in [-0.3, -0.25) is 4.99 Å². The standard InChI is InChI=1S/C21H26FN5/c1-14-7-8-17(12-19(14)22)16(3)25-21(23-4)24-10-9-18-13-27-11-5-6-15(2)20(27)26-18/h5-8,11-13,16H,9-10H2,1-4H3,(H2,23,24,25). The second kappa shape index (κ2) is 8.20. The summed E-state index contributed by atoms with van der Waals surface area (Å²) in [5.41, 5.74) is 4.72. The number of nitrogens with zero attached hydrogens (tertiary/aromatic N) is 3. The molecule has 3 rings (SSSR count). The quantitative estimate of drug-likeness (QED) is 0.536. The normalized spacial score (nSPS) is 13.0. The Balaban J connectivity index is 1.56. The van der Waals surface area contributed by atoms with E-state index in [4.69, 9.17) is 0 Å². The van der Waals surface area contributed by atoms with Crippen molar-refractivity contribution in [3.63, 3.8) is 0 Å². The third kappa shape index (κ3) is 4.45. The van der Waals surface area contributed by atoms with E-state index in [-0.39, 0.29) is 11.9 Å². The molecule has 0 amide bonds. The molecule has 0 spiro atoms. The molecule has 1 atom stereocenters. The highest BCUT2D eigenvalue weighted by molar-refractivity contribution is 5.80. The van der Waals surface area contributed by atoms with Gasteiger partial charge in [-0.2, -0.15) is 0 Å². The maximum absolute atomic E-state index is 13.8. The average Bonchev–Trinajstić information content (AvgIpc) is 3.07. The van der Waals surface area contributed by atoms with Crippen LogP contribution in [0.3, 0.4) is 0 Å². The van der Waals surface area contributed by atoms with Crippen LogP contribution in [-0.2, 0) is 6.42 Å². The summed E-state index contributed by atoms with van der Waals surface area (Å²) < 4.78 is 15.8. The first kappa shape index (κ1) is 18.9. The van der Waals surface area contributed by atoms with Gasteiger partial charge in [0, 0.05) is 32.4 Å². The fraction of sp³-hybridized carbons (Fsp3) is 0.333. The molecule has 1 aromatic carbocycles. The highest BCUT2D eigenvalue weighted by atomic mass is 19.1. The van der Waals surface area contributed by atoms with Crippen LogP contribution in [0.25, 0.3) is 5.65 Å². The summed E-state index contributed by atoms with van der Waals surface area (Å²) in [5, 5.41) is 6.60. The Bertz CT molecular complexity index is 960. The second-order valence-corrected chi connectivity index (χ2v) is 6.78. The van der Waals surface area contributed by atoms with Crippen molar-refractivity contribution in [3.8, 4) is 0 Å². The second-order valence-electron chi connectivity index (χ2n) is 6.78. The number of nitrogens with one attached hydrogen (secondary N) is 2. The minimum atomic E-state index is -0.189. The summed E-state index contributed by atoms with van der Waals surface area (Å²) in [4.78, 5) is 8.94. The summed E-state index contributed by atoms with van der Waals surface area (Å²) >= 11 is 0. The number of hydrogen-bond acceptors (Lipinski definition) is 2. The first-order valence-corrected chi connectivity index (χ1v) is 9.14. The van der Waals surface area contributed by atoms with Gasteiger partial charge in [-0.15, -0.1) is 0 Å². The molecule has 2 N–H and O–H groups in total. The maximum Gasteiger partial charge on any atom is 0.191 e. The van der Waals surface area contributed by atoms with Crippen molar-refractivity contribution in [1.82, 2.24) is 20.0 Å². The molecule has 0 saturated heterocycles. The SMILES string of the molecule is CN=C(NCCc1cn2cccc(C)c2n1)NC(C)c1ccc(C)c(F)c1. The topological polar surface area (TPSA) is 53.7 Å². The van der Waals surface area contributed by atoms with E-state index in [9.17, 15) is 4.39 Å². The van der Waals surface area contributed by atoms with E-state index in [1.165, 1.54) is 0 Å². The number of rotatable bonds is 5. The maximum atomic E-state index is 13.8. The lowest BCUT2D eigenvalue weighted by Gasteiger charge is -2.18. The Morgan fingerprint density at radius 2 is 2.07 bits per heavy atom. The van der Waals surface area contributed by atoms with Crippen molar-refractivity contribution < 1.29 is 4.39 Å². The number of halogens is 1. The molecule has 2 heterocycles. The van der Waals surface area contributed by atoms with Gasteiger partial charge >= 0.3 is 0 Å². The predicted molar refractivity (Wildman–Crippen MR) is 108 cm³/mol. The molecule has 0 fully saturated rings. The monoisotopic (exact) mass is 367 g/mol. The average molecular weight is 367 g/mol. The van der Waals surface area contributed by atoms with Crippen molar-refractivity contribution in [3.05, 3.63) is 70.9 Å². The van der Waals surface area contributed by atoms with Crippen LogP contribution in [0.15, 0.2) is 47.7 Å². The van der Waals surface area contributed by atoms with Crippen LogP contribution in [0.1, 0.15) is 35.3 Å². The summed E-state index contributed by atoms with van der Waals surface area (Å²) in [6.07, 6.45) is 4.85. The van der Waals surface area contributed by atoms with E-state index >= 15 is 0 Å². The van der Waals surface area contributed by atoms with Gasteiger partial charge in [-0.1, -0.05) is 18.2 Å². The molecular weight excluding hydrogens is 341 g/mol. The van der Waals surface area contributed by atoms with Gasteiger partial charge in [0.05, 0.1) is 11.7 Å². The Hall–Kier alpha value is -2.89. The van der Waals surface area contributed by atoms with Crippen LogP contribution in [0.2, 0.25) is 0 Å². The van der Waals surface area contributed by atoms with Crippen LogP contribution in [-0.4, -0.2) is 28.9 Å². The predicted octanol–water partition coefficient (Wildman–Crippen LogP) is 3.56. The number of aromatic nitrogens is 2. The lowest BCUT2D eigenvalue weighted by atomic mass is 10.1. The first-order chi connectivity index (χ1) is 13.0. The summed E-state index contributed by atoms with van der Waals surface area (Å²) in [7, 11) is 1.73. The van der Waals surface area contributed by atoms with Crippen molar-refractivity contribution in [2.45, 2.75) is 33.2 Å². The lowest BCUT2D eigenvalue weighted by Crippen LogP contribution is -2.39. The Kier molecular flexibility index (Phi) is 5.74. The van der Waals surface area contributed by atoms with Gasteiger partial charge < -0.3 is 15.0 Å². The van der Waals surface area contributed by atoms with E-state index in [1.54, 1.807) is 26.1 Å². The molecule has 0 radical (unpaired) electrons. The Labute approximate surface area is 159 Å². The number of fused-ring (bicyclic) bond motifs is 1. The molecule has 5 nitrogen and oxygen atoms in total. The van der Waals surface area contributed by atoms with Crippen LogP contribution in [0.4, 0.5) is 4.39 Å². The summed E-state index contributed by atoms with van der Waals surface area (Å²) in [5.74, 6) is 0.495. The number of aliphatic imine (C=N–C) groups is 1. The fourth-order valence-electron chi connectivity index (χ4n) is 3.00. The van der Waals surface area contributed by atoms with Gasteiger partial charge in [0.25, 0.3) is 0 Å². The largest absolute Gasteiger partial charge is 0.356 e. The zero-order valence-electron chi connectivity index (χ0n) is 16.3. The fourth-order valence-corrected chi connectivity index (χ4v) is 3.00. The van der Waals surface area contributed by atoms with E-state index in [0.29, 0.717) is 18.1 Å². The molecule has 0 bridgehead atoms. The number of benzene rings is 1. The van der Waals surface area contributed by atoms with Crippen molar-refractivity contribution in [2.24, 2.45) is 4.99 Å². The van der Waals surface area contributed by atoms with Crippen LogP contribution >= 0.6 is 0 Å². The zero-order valence-corrected chi connectivity index (χ0v) is 16.3. The molecule has 0 saturated carbocycles. The molecule has 2 aromatic heterocycles. The molecule has 0 aliphatic carbocycles. The minimum absolute atomic E-state index is 0.0517. The van der Waals surface area contributed by atoms with E-state index in [2.05, 4.69) is 39.8 Å². The smallest absolute Gasteiger partial charge is 0.191 e. The van der Waals surface area contributed by atoms with Gasteiger partial charge in [-0.25, -0.2) is 9.37 Å². The van der Waals surface area contributed by atoms with Gasteiger partial charge in [0.15, 0.2) is 5.96 Å². The number of hydrogen-bond donors (Lipinski definition) is 2. The Morgan fingerprint density at radius 1 is 1.26 bits per heavy atom. The molecule has 1 unspecified atom stereocenters. The molecule has 3 aromatic rings. The van der Waals surface area contributed by atoms with Crippen LogP contribution in [0.5, 0.6) is 0 Å². The number of imidazole rings is 1.